The van der Waals surface area contributed by atoms with Crippen LogP contribution in [0.15, 0.2) is 29.0 Å². The van der Waals surface area contributed by atoms with Crippen LogP contribution in [0.3, 0.4) is 0 Å². The van der Waals surface area contributed by atoms with E-state index in [1.807, 2.05) is 24.0 Å². The minimum absolute atomic E-state index is 0.0543. The average Bonchev–Trinajstić information content (AvgIpc) is 3.17. The Bertz CT molecular complexity index is 936. The fourth-order valence-corrected chi connectivity index (χ4v) is 3.35. The third-order valence-electron chi connectivity index (χ3n) is 4.87. The zero-order valence-corrected chi connectivity index (χ0v) is 15.6. The summed E-state index contributed by atoms with van der Waals surface area (Å²) in [6.07, 6.45) is 7.82. The van der Waals surface area contributed by atoms with Crippen LogP contribution in [0.4, 0.5) is 0 Å². The molecule has 3 aromatic heterocycles. The van der Waals surface area contributed by atoms with Gasteiger partial charge in [-0.25, -0.2) is 9.67 Å². The van der Waals surface area contributed by atoms with Crippen LogP contribution in [0, 0.1) is 13.8 Å². The summed E-state index contributed by atoms with van der Waals surface area (Å²) in [6, 6.07) is 3.68. The number of rotatable bonds is 3. The normalized spacial score (nSPS) is 15.0. The van der Waals surface area contributed by atoms with Gasteiger partial charge in [-0.3, -0.25) is 4.79 Å². The molecule has 0 radical (unpaired) electrons. The third-order valence-corrected chi connectivity index (χ3v) is 4.87. The number of carbonyl (C=O) groups excluding carboxylic acids is 1. The summed E-state index contributed by atoms with van der Waals surface area (Å²) in [5.41, 5.74) is 2.17. The molecule has 0 saturated carbocycles. The molecule has 1 aliphatic rings. The Morgan fingerprint density at radius 1 is 1.07 bits per heavy atom. The van der Waals surface area contributed by atoms with Crippen LogP contribution in [0.25, 0.3) is 17.3 Å². The molecule has 27 heavy (non-hydrogen) atoms. The Balaban J connectivity index is 1.57. The molecule has 0 N–H and O–H groups in total. The summed E-state index contributed by atoms with van der Waals surface area (Å²) in [4.78, 5) is 23.5. The third kappa shape index (κ3) is 3.47. The van der Waals surface area contributed by atoms with Gasteiger partial charge in [0.15, 0.2) is 11.6 Å². The van der Waals surface area contributed by atoms with Crippen LogP contribution in [-0.4, -0.2) is 48.8 Å². The van der Waals surface area contributed by atoms with Crippen molar-refractivity contribution in [2.75, 3.05) is 13.1 Å². The predicted molar refractivity (Wildman–Crippen MR) is 98.5 cm³/mol. The van der Waals surface area contributed by atoms with Crippen LogP contribution in [0.5, 0.6) is 0 Å². The van der Waals surface area contributed by atoms with Gasteiger partial charge in [0.25, 0.3) is 11.8 Å². The van der Waals surface area contributed by atoms with Crippen LogP contribution in [0.1, 0.15) is 47.6 Å². The molecule has 0 bridgehead atoms. The number of aryl methyl sites for hydroxylation is 1. The Morgan fingerprint density at radius 3 is 2.48 bits per heavy atom. The van der Waals surface area contributed by atoms with Crippen LogP contribution in [0.2, 0.25) is 0 Å². The molecule has 1 fully saturated rings. The maximum absolute atomic E-state index is 12.9. The van der Waals surface area contributed by atoms with E-state index >= 15 is 0 Å². The lowest BCUT2D eigenvalue weighted by atomic mass is 10.2. The second-order valence-electron chi connectivity index (χ2n) is 6.81. The number of likely N-dealkylation sites (tertiary alicyclic amines) is 1. The molecule has 0 aromatic carbocycles. The van der Waals surface area contributed by atoms with Crippen molar-refractivity contribution >= 4 is 5.91 Å². The van der Waals surface area contributed by atoms with E-state index in [0.717, 1.165) is 37.2 Å². The first-order valence-corrected chi connectivity index (χ1v) is 9.24. The minimum atomic E-state index is 0.0543. The summed E-state index contributed by atoms with van der Waals surface area (Å²) in [7, 11) is 0. The molecule has 1 aliphatic heterocycles. The second-order valence-corrected chi connectivity index (χ2v) is 6.81. The van der Waals surface area contributed by atoms with Crippen molar-refractivity contribution in [2.24, 2.45) is 0 Å². The van der Waals surface area contributed by atoms with Crippen molar-refractivity contribution in [3.63, 3.8) is 0 Å². The quantitative estimate of drug-likeness (QED) is 0.708. The molecular weight excluding hydrogens is 344 g/mol. The summed E-state index contributed by atoms with van der Waals surface area (Å²) in [5.74, 6) is 1.70. The van der Waals surface area contributed by atoms with Gasteiger partial charge in [-0.15, -0.1) is 0 Å². The van der Waals surface area contributed by atoms with Crippen molar-refractivity contribution < 1.29 is 9.32 Å². The molecule has 4 heterocycles. The first-order valence-electron chi connectivity index (χ1n) is 9.24. The first kappa shape index (κ1) is 17.4. The maximum atomic E-state index is 12.9. The van der Waals surface area contributed by atoms with Crippen molar-refractivity contribution in [1.82, 2.24) is 29.8 Å². The molecule has 1 saturated heterocycles. The van der Waals surface area contributed by atoms with Gasteiger partial charge in [-0.05, 0) is 38.8 Å². The lowest BCUT2D eigenvalue weighted by Gasteiger charge is -2.19. The van der Waals surface area contributed by atoms with Crippen LogP contribution < -0.4 is 0 Å². The monoisotopic (exact) mass is 366 g/mol. The highest BCUT2D eigenvalue weighted by Gasteiger charge is 2.22. The van der Waals surface area contributed by atoms with E-state index in [0.29, 0.717) is 23.1 Å². The van der Waals surface area contributed by atoms with E-state index < -0.39 is 0 Å². The number of hydrogen-bond acceptors (Lipinski definition) is 6. The molecule has 140 valence electrons. The Labute approximate surface area is 157 Å². The van der Waals surface area contributed by atoms with Gasteiger partial charge >= 0.3 is 0 Å². The van der Waals surface area contributed by atoms with Gasteiger partial charge in [0, 0.05) is 19.3 Å². The second kappa shape index (κ2) is 7.30. The lowest BCUT2D eigenvalue weighted by molar-refractivity contribution is 0.0761. The van der Waals surface area contributed by atoms with Gasteiger partial charge in [0.05, 0.1) is 23.0 Å². The largest absolute Gasteiger partial charge is 0.339 e. The minimum Gasteiger partial charge on any atom is -0.339 e. The Kier molecular flexibility index (Phi) is 4.70. The average molecular weight is 366 g/mol. The predicted octanol–water partition coefficient (Wildman–Crippen LogP) is 2.95. The van der Waals surface area contributed by atoms with E-state index in [1.165, 1.54) is 12.8 Å². The van der Waals surface area contributed by atoms with Crippen molar-refractivity contribution in [3.05, 3.63) is 41.6 Å². The van der Waals surface area contributed by atoms with Crippen molar-refractivity contribution in [3.8, 4) is 17.3 Å². The number of amides is 1. The maximum Gasteiger partial charge on any atom is 0.259 e. The summed E-state index contributed by atoms with van der Waals surface area (Å²) in [6.45, 7) is 5.31. The van der Waals surface area contributed by atoms with Gasteiger partial charge in [0.1, 0.15) is 0 Å². The number of pyridine rings is 1. The van der Waals surface area contributed by atoms with Gasteiger partial charge in [0.2, 0.25) is 0 Å². The fraction of sp³-hybridized carbons (Fsp3) is 0.421. The summed E-state index contributed by atoms with van der Waals surface area (Å²) in [5, 5.41) is 8.18. The van der Waals surface area contributed by atoms with Crippen LogP contribution >= 0.6 is 0 Å². The highest BCUT2D eigenvalue weighted by Crippen LogP contribution is 2.20. The smallest absolute Gasteiger partial charge is 0.259 e. The van der Waals surface area contributed by atoms with E-state index in [-0.39, 0.29) is 5.91 Å². The molecule has 8 nitrogen and oxygen atoms in total. The van der Waals surface area contributed by atoms with E-state index in [1.54, 1.807) is 24.0 Å². The highest BCUT2D eigenvalue weighted by molar-refractivity contribution is 5.95. The number of hydrogen-bond donors (Lipinski definition) is 0. The zero-order valence-electron chi connectivity index (χ0n) is 15.6. The topological polar surface area (TPSA) is 89.9 Å². The standard InChI is InChI=1S/C19H22N6O2/c1-13-16(19(26)24-9-5-3-4-6-10-24)12-21-25(13)17-8-7-15(11-20-17)18-22-14(2)23-27-18/h7-8,11-12H,3-6,9-10H2,1-2H3. The summed E-state index contributed by atoms with van der Waals surface area (Å²) < 4.78 is 6.85. The fourth-order valence-electron chi connectivity index (χ4n) is 3.35. The van der Waals surface area contributed by atoms with E-state index in [4.69, 9.17) is 4.52 Å². The van der Waals surface area contributed by atoms with Crippen molar-refractivity contribution in [2.45, 2.75) is 39.5 Å². The molecule has 0 spiro atoms. The molecule has 4 rings (SSSR count). The van der Waals surface area contributed by atoms with Gasteiger partial charge in [-0.1, -0.05) is 18.0 Å². The van der Waals surface area contributed by atoms with Crippen molar-refractivity contribution in [1.29, 1.82) is 0 Å². The number of carbonyl (C=O) groups is 1. The number of aromatic nitrogens is 5. The Morgan fingerprint density at radius 2 is 1.85 bits per heavy atom. The number of nitrogens with zero attached hydrogens (tertiary/aromatic N) is 6. The molecule has 0 atom stereocenters. The SMILES string of the molecule is Cc1noc(-c2ccc(-n3ncc(C(=O)N4CCCCCC4)c3C)nc2)n1. The Hall–Kier alpha value is -3.03. The van der Waals surface area contributed by atoms with E-state index in [9.17, 15) is 4.79 Å². The van der Waals surface area contributed by atoms with E-state index in [2.05, 4.69) is 20.2 Å². The van der Waals surface area contributed by atoms with Gasteiger partial charge in [-0.2, -0.15) is 10.1 Å². The molecule has 0 unspecified atom stereocenters. The van der Waals surface area contributed by atoms with Gasteiger partial charge < -0.3 is 9.42 Å². The first-order chi connectivity index (χ1) is 13.1. The highest BCUT2D eigenvalue weighted by atomic mass is 16.5. The summed E-state index contributed by atoms with van der Waals surface area (Å²) >= 11 is 0. The lowest BCUT2D eigenvalue weighted by Crippen LogP contribution is -2.32. The van der Waals surface area contributed by atoms with Crippen LogP contribution in [-0.2, 0) is 0 Å². The molecule has 1 amide bonds. The molecule has 3 aromatic rings. The molecule has 8 heteroatoms. The zero-order chi connectivity index (χ0) is 18.8. The molecule has 0 aliphatic carbocycles. The molecular formula is C19H22N6O2.